The summed E-state index contributed by atoms with van der Waals surface area (Å²) in [6.45, 7) is 14.2. The van der Waals surface area contributed by atoms with Crippen LogP contribution in [0.1, 0.15) is 70.1 Å². The minimum Gasteiger partial charge on any atom is -0.474 e. The highest BCUT2D eigenvalue weighted by molar-refractivity contribution is 6.46. The Hall–Kier alpha value is -2.42. The molecular weight excluding hydrogens is 332 g/mol. The maximum absolute atomic E-state index is 5.76. The first-order valence-electron chi connectivity index (χ1n) is 10.0. The van der Waals surface area contributed by atoms with Crippen molar-refractivity contribution in [2.45, 2.75) is 53.4 Å². The summed E-state index contributed by atoms with van der Waals surface area (Å²) >= 11 is 0. The zero-order valence-electron chi connectivity index (χ0n) is 17.5. The van der Waals surface area contributed by atoms with Crippen LogP contribution in [0.25, 0.3) is 0 Å². The molecule has 0 amide bonds. The molecule has 2 aromatic carbocycles. The number of para-hydroxylation sites is 1. The van der Waals surface area contributed by atoms with E-state index in [1.165, 1.54) is 11.1 Å². The van der Waals surface area contributed by atoms with Gasteiger partial charge in [-0.2, -0.15) is 0 Å². The van der Waals surface area contributed by atoms with Crippen molar-refractivity contribution in [2.75, 3.05) is 13.2 Å². The van der Waals surface area contributed by atoms with Crippen LogP contribution < -0.4 is 0 Å². The van der Waals surface area contributed by atoms with Crippen molar-refractivity contribution in [1.29, 1.82) is 0 Å². The van der Waals surface area contributed by atoms with Crippen LogP contribution in [-0.4, -0.2) is 24.8 Å². The van der Waals surface area contributed by atoms with Gasteiger partial charge < -0.3 is 4.74 Å². The predicted molar refractivity (Wildman–Crippen MR) is 117 cm³/mol. The van der Waals surface area contributed by atoms with Crippen molar-refractivity contribution < 1.29 is 4.74 Å². The van der Waals surface area contributed by atoms with Gasteiger partial charge in [0, 0.05) is 5.56 Å². The van der Waals surface area contributed by atoms with Crippen LogP contribution in [0.3, 0.4) is 0 Å². The molecule has 0 N–H and O–H groups in total. The summed E-state index contributed by atoms with van der Waals surface area (Å²) in [4.78, 5) is 9.64. The van der Waals surface area contributed by atoms with Crippen LogP contribution in [0.2, 0.25) is 0 Å². The van der Waals surface area contributed by atoms with Crippen LogP contribution in [-0.2, 0) is 4.74 Å². The quantitative estimate of drug-likeness (QED) is 0.557. The number of hydrogen-bond donors (Lipinski definition) is 0. The first kappa shape index (κ1) is 20.9. The third kappa shape index (κ3) is 5.06. The third-order valence-electron chi connectivity index (χ3n) is 4.40. The Balaban J connectivity index is 0.00000126. The Bertz CT molecular complexity index is 763. The van der Waals surface area contributed by atoms with Crippen LogP contribution in [0.4, 0.5) is 5.69 Å². The van der Waals surface area contributed by atoms with Gasteiger partial charge >= 0.3 is 0 Å². The second kappa shape index (κ2) is 10.1. The molecule has 1 aliphatic rings. The molecule has 2 aromatic rings. The molecule has 0 saturated heterocycles. The van der Waals surface area contributed by atoms with E-state index in [-0.39, 0.29) is 0 Å². The van der Waals surface area contributed by atoms with Crippen LogP contribution >= 0.6 is 0 Å². The van der Waals surface area contributed by atoms with Crippen molar-refractivity contribution in [1.82, 2.24) is 0 Å². The van der Waals surface area contributed by atoms with Crippen LogP contribution in [0.5, 0.6) is 0 Å². The first-order valence-corrected chi connectivity index (χ1v) is 10.0. The highest BCUT2D eigenvalue weighted by Gasteiger charge is 2.20. The van der Waals surface area contributed by atoms with Gasteiger partial charge in [0.1, 0.15) is 12.3 Å². The molecule has 0 atom stereocenters. The summed E-state index contributed by atoms with van der Waals surface area (Å²) in [6.07, 6.45) is 0. The summed E-state index contributed by atoms with van der Waals surface area (Å²) in [7, 11) is 0. The molecule has 0 aliphatic carbocycles. The van der Waals surface area contributed by atoms with Crippen molar-refractivity contribution in [3.63, 3.8) is 0 Å². The van der Waals surface area contributed by atoms with E-state index in [0.717, 1.165) is 17.0 Å². The molecule has 144 valence electrons. The molecule has 3 nitrogen and oxygen atoms in total. The van der Waals surface area contributed by atoms with E-state index < -0.39 is 0 Å². The van der Waals surface area contributed by atoms with E-state index in [0.29, 0.717) is 30.9 Å². The first-order chi connectivity index (χ1) is 13.1. The molecule has 27 heavy (non-hydrogen) atoms. The number of hydrogen-bond acceptors (Lipinski definition) is 3. The normalized spacial score (nSPS) is 13.9. The number of benzene rings is 2. The van der Waals surface area contributed by atoms with E-state index in [9.17, 15) is 0 Å². The second-order valence-corrected chi connectivity index (χ2v) is 6.96. The number of nitrogens with zero attached hydrogens (tertiary/aromatic N) is 2. The van der Waals surface area contributed by atoms with E-state index in [4.69, 9.17) is 9.73 Å². The topological polar surface area (TPSA) is 34.0 Å². The fourth-order valence-electron chi connectivity index (χ4n) is 3.06. The summed E-state index contributed by atoms with van der Waals surface area (Å²) in [5.74, 6) is 1.46. The third-order valence-corrected chi connectivity index (χ3v) is 4.40. The standard InChI is InChI=1S/C22H26N2O.C2H6/c1-15(2)18-11-8-12-19(16(3)4)21(18)24-20(22-23-13-14-25-22)17-9-6-5-7-10-17;1-2/h5-12,15-16H,13-14H2,1-4H3;1-2H3. The Morgan fingerprint density at radius 2 is 1.48 bits per heavy atom. The molecule has 0 saturated carbocycles. The average molecular weight is 365 g/mol. The Labute approximate surface area is 164 Å². The Morgan fingerprint density at radius 1 is 0.889 bits per heavy atom. The predicted octanol–water partition coefficient (Wildman–Crippen LogP) is 6.51. The fraction of sp³-hybridized carbons (Fsp3) is 0.417. The van der Waals surface area contributed by atoms with Gasteiger partial charge in [0.05, 0.1) is 12.2 Å². The summed E-state index contributed by atoms with van der Waals surface area (Å²) in [5, 5.41) is 0. The zero-order chi connectivity index (χ0) is 19.8. The van der Waals surface area contributed by atoms with Gasteiger partial charge in [0.25, 0.3) is 0 Å². The molecule has 0 fully saturated rings. The lowest BCUT2D eigenvalue weighted by molar-refractivity contribution is 0.353. The van der Waals surface area contributed by atoms with Crippen molar-refractivity contribution >= 4 is 17.3 Å². The van der Waals surface area contributed by atoms with E-state index in [1.807, 2.05) is 32.0 Å². The molecule has 0 aromatic heterocycles. The maximum atomic E-state index is 5.76. The van der Waals surface area contributed by atoms with Crippen LogP contribution in [0.15, 0.2) is 58.5 Å². The lowest BCUT2D eigenvalue weighted by Gasteiger charge is -2.18. The average Bonchev–Trinajstić information content (AvgIpc) is 3.22. The highest BCUT2D eigenvalue weighted by atomic mass is 16.5. The molecule has 0 radical (unpaired) electrons. The van der Waals surface area contributed by atoms with Gasteiger partial charge in [0.2, 0.25) is 5.90 Å². The molecule has 1 heterocycles. The monoisotopic (exact) mass is 364 g/mol. The number of ether oxygens (including phenoxy) is 1. The van der Waals surface area contributed by atoms with Gasteiger partial charge in [0.15, 0.2) is 0 Å². The van der Waals surface area contributed by atoms with Crippen LogP contribution in [0, 0.1) is 0 Å². The van der Waals surface area contributed by atoms with E-state index >= 15 is 0 Å². The largest absolute Gasteiger partial charge is 0.474 e. The van der Waals surface area contributed by atoms with Gasteiger partial charge in [-0.25, -0.2) is 9.98 Å². The molecule has 3 rings (SSSR count). The molecule has 0 bridgehead atoms. The number of aliphatic imine (C=N–C) groups is 2. The molecular formula is C24H32N2O. The molecule has 0 unspecified atom stereocenters. The van der Waals surface area contributed by atoms with Gasteiger partial charge in [-0.15, -0.1) is 0 Å². The van der Waals surface area contributed by atoms with Crippen molar-refractivity contribution in [2.24, 2.45) is 9.98 Å². The summed E-state index contributed by atoms with van der Waals surface area (Å²) in [5.41, 5.74) is 5.45. The van der Waals surface area contributed by atoms with Crippen molar-refractivity contribution in [3.05, 3.63) is 65.2 Å². The van der Waals surface area contributed by atoms with Gasteiger partial charge in [-0.3, -0.25) is 0 Å². The maximum Gasteiger partial charge on any atom is 0.236 e. The van der Waals surface area contributed by atoms with Crippen molar-refractivity contribution in [3.8, 4) is 0 Å². The lowest BCUT2D eigenvalue weighted by atomic mass is 9.92. The SMILES string of the molecule is CC.CC(C)c1cccc(C(C)C)c1N=C(C1=NCCO1)c1ccccc1. The molecule has 1 aliphatic heterocycles. The molecule has 0 spiro atoms. The fourth-order valence-corrected chi connectivity index (χ4v) is 3.06. The molecule has 3 heteroatoms. The minimum absolute atomic E-state index is 0.404. The second-order valence-electron chi connectivity index (χ2n) is 6.96. The summed E-state index contributed by atoms with van der Waals surface area (Å²) < 4.78 is 5.76. The zero-order valence-corrected chi connectivity index (χ0v) is 17.5. The number of rotatable bonds is 5. The Morgan fingerprint density at radius 3 is 1.96 bits per heavy atom. The Kier molecular flexibility index (Phi) is 7.78. The van der Waals surface area contributed by atoms with E-state index in [2.05, 4.69) is 63.0 Å². The lowest BCUT2D eigenvalue weighted by Crippen LogP contribution is -2.16. The van der Waals surface area contributed by atoms with E-state index in [1.54, 1.807) is 0 Å². The minimum atomic E-state index is 0.404. The summed E-state index contributed by atoms with van der Waals surface area (Å²) in [6, 6.07) is 16.7. The van der Waals surface area contributed by atoms with Gasteiger partial charge in [-0.1, -0.05) is 90.1 Å². The van der Waals surface area contributed by atoms with Gasteiger partial charge in [-0.05, 0) is 23.0 Å². The smallest absolute Gasteiger partial charge is 0.236 e. The highest BCUT2D eigenvalue weighted by Crippen LogP contribution is 2.35.